The minimum absolute atomic E-state index is 0.489. The Kier molecular flexibility index (Phi) is 6.98. The van der Waals surface area contributed by atoms with Gasteiger partial charge in [-0.2, -0.15) is 0 Å². The lowest BCUT2D eigenvalue weighted by Crippen LogP contribution is -2.36. The molecule has 0 aliphatic heterocycles. The molecule has 0 aromatic carbocycles. The molecule has 0 heterocycles. The van der Waals surface area contributed by atoms with Crippen molar-refractivity contribution in [1.82, 2.24) is 0 Å². The SMILES string of the molecule is CCCCC(CC)COCC1(CBr)CCC1. The van der Waals surface area contributed by atoms with Crippen molar-refractivity contribution in [1.29, 1.82) is 0 Å². The molecule has 0 aromatic heterocycles. The van der Waals surface area contributed by atoms with Gasteiger partial charge in [-0.25, -0.2) is 0 Å². The molecular formula is C14H27BrO. The second kappa shape index (κ2) is 7.71. The number of alkyl halides is 1. The summed E-state index contributed by atoms with van der Waals surface area (Å²) < 4.78 is 5.95. The normalized spacial score (nSPS) is 20.4. The monoisotopic (exact) mass is 290 g/mol. The minimum Gasteiger partial charge on any atom is -0.381 e. The van der Waals surface area contributed by atoms with Gasteiger partial charge in [0.15, 0.2) is 0 Å². The van der Waals surface area contributed by atoms with E-state index in [-0.39, 0.29) is 0 Å². The molecule has 1 nitrogen and oxygen atoms in total. The highest BCUT2D eigenvalue weighted by Crippen LogP contribution is 2.42. The third kappa shape index (κ3) is 4.37. The Hall–Kier alpha value is 0.440. The van der Waals surface area contributed by atoms with Crippen LogP contribution in [-0.2, 0) is 4.74 Å². The molecule has 0 aromatic rings. The van der Waals surface area contributed by atoms with E-state index < -0.39 is 0 Å². The Bertz CT molecular complexity index is 172. The Morgan fingerprint density at radius 2 is 2.06 bits per heavy atom. The zero-order valence-corrected chi connectivity index (χ0v) is 12.5. The van der Waals surface area contributed by atoms with E-state index in [0.717, 1.165) is 24.5 Å². The average molecular weight is 291 g/mol. The molecule has 0 radical (unpaired) electrons. The van der Waals surface area contributed by atoms with Crippen LogP contribution in [0.1, 0.15) is 58.8 Å². The number of rotatable bonds is 9. The molecule has 0 N–H and O–H groups in total. The first-order valence-corrected chi connectivity index (χ1v) is 8.02. The average Bonchev–Trinajstić information content (AvgIpc) is 2.26. The molecule has 1 saturated carbocycles. The topological polar surface area (TPSA) is 9.23 Å². The molecule has 0 spiro atoms. The standard InChI is InChI=1S/C14H27BrO/c1-3-5-7-13(4-2)10-16-12-14(11-15)8-6-9-14/h13H,3-12H2,1-2H3. The number of ether oxygens (including phenoxy) is 1. The molecule has 0 bridgehead atoms. The summed E-state index contributed by atoms with van der Waals surface area (Å²) in [4.78, 5) is 0. The van der Waals surface area contributed by atoms with Crippen molar-refractivity contribution in [3.63, 3.8) is 0 Å². The summed E-state index contributed by atoms with van der Waals surface area (Å²) in [6.45, 7) is 6.50. The van der Waals surface area contributed by atoms with Gasteiger partial charge in [0.25, 0.3) is 0 Å². The molecule has 1 aliphatic rings. The van der Waals surface area contributed by atoms with Gasteiger partial charge in [0.1, 0.15) is 0 Å². The smallest absolute Gasteiger partial charge is 0.0530 e. The highest BCUT2D eigenvalue weighted by Gasteiger charge is 2.36. The molecule has 1 unspecified atom stereocenters. The summed E-state index contributed by atoms with van der Waals surface area (Å²) in [5, 5.41) is 1.12. The maximum atomic E-state index is 5.95. The minimum atomic E-state index is 0.489. The first-order valence-electron chi connectivity index (χ1n) is 6.90. The fraction of sp³-hybridized carbons (Fsp3) is 1.00. The van der Waals surface area contributed by atoms with Crippen molar-refractivity contribution in [3.8, 4) is 0 Å². The summed E-state index contributed by atoms with van der Waals surface area (Å²) in [5.41, 5.74) is 0.489. The fourth-order valence-electron chi connectivity index (χ4n) is 2.33. The van der Waals surface area contributed by atoms with Crippen LogP contribution in [0.3, 0.4) is 0 Å². The molecular weight excluding hydrogens is 264 g/mol. The van der Waals surface area contributed by atoms with Gasteiger partial charge in [0.05, 0.1) is 6.61 Å². The van der Waals surface area contributed by atoms with Crippen LogP contribution >= 0.6 is 15.9 Å². The van der Waals surface area contributed by atoms with E-state index in [0.29, 0.717) is 5.41 Å². The molecule has 0 amide bonds. The Labute approximate surface area is 109 Å². The van der Waals surface area contributed by atoms with Gasteiger partial charge in [-0.3, -0.25) is 0 Å². The van der Waals surface area contributed by atoms with Crippen LogP contribution in [0.5, 0.6) is 0 Å². The Morgan fingerprint density at radius 1 is 1.31 bits per heavy atom. The quantitative estimate of drug-likeness (QED) is 0.555. The highest BCUT2D eigenvalue weighted by molar-refractivity contribution is 9.09. The lowest BCUT2D eigenvalue weighted by Gasteiger charge is -2.40. The van der Waals surface area contributed by atoms with Crippen LogP contribution in [0.4, 0.5) is 0 Å². The van der Waals surface area contributed by atoms with E-state index in [1.54, 1.807) is 0 Å². The first-order chi connectivity index (χ1) is 7.76. The first kappa shape index (κ1) is 14.5. The fourth-order valence-corrected chi connectivity index (χ4v) is 3.06. The number of hydrogen-bond donors (Lipinski definition) is 0. The van der Waals surface area contributed by atoms with Crippen molar-refractivity contribution >= 4 is 15.9 Å². The van der Waals surface area contributed by atoms with Crippen LogP contribution < -0.4 is 0 Å². The van der Waals surface area contributed by atoms with Crippen molar-refractivity contribution in [2.24, 2.45) is 11.3 Å². The third-order valence-electron chi connectivity index (χ3n) is 4.00. The summed E-state index contributed by atoms with van der Waals surface area (Å²) in [6, 6.07) is 0. The molecule has 1 atom stereocenters. The van der Waals surface area contributed by atoms with E-state index in [9.17, 15) is 0 Å². The molecule has 96 valence electrons. The van der Waals surface area contributed by atoms with Gasteiger partial charge in [-0.15, -0.1) is 0 Å². The lowest BCUT2D eigenvalue weighted by molar-refractivity contribution is -0.00504. The Morgan fingerprint density at radius 3 is 2.50 bits per heavy atom. The molecule has 16 heavy (non-hydrogen) atoms. The zero-order chi connectivity index (χ0) is 11.9. The van der Waals surface area contributed by atoms with Crippen LogP contribution in [0.2, 0.25) is 0 Å². The van der Waals surface area contributed by atoms with E-state index >= 15 is 0 Å². The number of halogens is 1. The molecule has 2 heteroatoms. The second-order valence-electron chi connectivity index (χ2n) is 5.42. The van der Waals surface area contributed by atoms with Crippen LogP contribution in [0, 0.1) is 11.3 Å². The van der Waals surface area contributed by atoms with Gasteiger partial charge in [0.2, 0.25) is 0 Å². The predicted octanol–water partition coefficient (Wildman–Crippen LogP) is 4.78. The zero-order valence-electron chi connectivity index (χ0n) is 10.9. The molecule has 0 saturated heterocycles. The summed E-state index contributed by atoms with van der Waals surface area (Å²) in [5.74, 6) is 0.785. The van der Waals surface area contributed by atoms with Gasteiger partial charge in [-0.05, 0) is 25.2 Å². The van der Waals surface area contributed by atoms with E-state index in [2.05, 4.69) is 29.8 Å². The van der Waals surface area contributed by atoms with E-state index in [1.807, 2.05) is 0 Å². The van der Waals surface area contributed by atoms with Gasteiger partial charge in [0, 0.05) is 17.4 Å². The lowest BCUT2D eigenvalue weighted by atomic mass is 9.71. The highest BCUT2D eigenvalue weighted by atomic mass is 79.9. The van der Waals surface area contributed by atoms with Crippen molar-refractivity contribution in [2.75, 3.05) is 18.5 Å². The number of unbranched alkanes of at least 4 members (excludes halogenated alkanes) is 1. The molecule has 1 fully saturated rings. The molecule has 1 aliphatic carbocycles. The summed E-state index contributed by atoms with van der Waals surface area (Å²) >= 11 is 3.63. The Balaban J connectivity index is 2.12. The van der Waals surface area contributed by atoms with Crippen molar-refractivity contribution < 1.29 is 4.74 Å². The number of hydrogen-bond acceptors (Lipinski definition) is 1. The van der Waals surface area contributed by atoms with Crippen molar-refractivity contribution in [3.05, 3.63) is 0 Å². The van der Waals surface area contributed by atoms with Gasteiger partial charge >= 0.3 is 0 Å². The maximum Gasteiger partial charge on any atom is 0.0530 e. The second-order valence-corrected chi connectivity index (χ2v) is 5.98. The molecule has 1 rings (SSSR count). The van der Waals surface area contributed by atoms with Gasteiger partial charge in [-0.1, -0.05) is 55.5 Å². The maximum absolute atomic E-state index is 5.95. The third-order valence-corrected chi connectivity index (χ3v) is 5.19. The largest absolute Gasteiger partial charge is 0.381 e. The van der Waals surface area contributed by atoms with Crippen LogP contribution in [0.15, 0.2) is 0 Å². The van der Waals surface area contributed by atoms with E-state index in [4.69, 9.17) is 4.74 Å². The van der Waals surface area contributed by atoms with Crippen LogP contribution in [-0.4, -0.2) is 18.5 Å². The van der Waals surface area contributed by atoms with E-state index in [1.165, 1.54) is 44.9 Å². The van der Waals surface area contributed by atoms with Crippen molar-refractivity contribution in [2.45, 2.75) is 58.8 Å². The summed E-state index contributed by atoms with van der Waals surface area (Å²) in [7, 11) is 0. The van der Waals surface area contributed by atoms with Gasteiger partial charge < -0.3 is 4.74 Å². The summed E-state index contributed by atoms with van der Waals surface area (Å²) in [6.07, 6.45) is 9.36. The predicted molar refractivity (Wildman–Crippen MR) is 74.2 cm³/mol. The van der Waals surface area contributed by atoms with Crippen LogP contribution in [0.25, 0.3) is 0 Å².